The van der Waals surface area contributed by atoms with Gasteiger partial charge in [0.05, 0.1) is 25.7 Å². The van der Waals surface area contributed by atoms with E-state index in [1.807, 2.05) is 0 Å². The third kappa shape index (κ3) is 21.7. The lowest BCUT2D eigenvalue weighted by molar-refractivity contribution is -0.293. The molecule has 0 saturated carbocycles. The van der Waals surface area contributed by atoms with Crippen molar-refractivity contribution in [3.63, 3.8) is 0 Å². The van der Waals surface area contributed by atoms with Gasteiger partial charge in [-0.25, -0.2) is 0 Å². The van der Waals surface area contributed by atoms with E-state index in [0.29, 0.717) is 12.5 Å². The molecule has 0 aliphatic carbocycles. The Kier molecular flexibility index (Phi) is 27.6. The first-order valence-electron chi connectivity index (χ1n) is 19.4. The van der Waals surface area contributed by atoms with Crippen LogP contribution in [-0.4, -0.2) is 64.2 Å². The zero-order valence-electron chi connectivity index (χ0n) is 29.5. The van der Waals surface area contributed by atoms with Crippen LogP contribution >= 0.6 is 0 Å². The van der Waals surface area contributed by atoms with E-state index < -0.39 is 49.5 Å². The zero-order valence-corrected chi connectivity index (χ0v) is 29.5. The molecule has 7 nitrogen and oxygen atoms in total. The second-order valence-electron chi connectivity index (χ2n) is 14.0. The van der Waals surface area contributed by atoms with Crippen LogP contribution in [0.3, 0.4) is 0 Å². The van der Waals surface area contributed by atoms with Crippen LogP contribution in [0.15, 0.2) is 0 Å². The van der Waals surface area contributed by atoms with Crippen molar-refractivity contribution in [3.05, 3.63) is 0 Å². The molecule has 3 unspecified atom stereocenters. The van der Waals surface area contributed by atoms with Crippen LogP contribution in [0.5, 0.6) is 0 Å². The molecule has 0 spiro atoms. The molecular weight excluding hydrogens is 568 g/mol. The molecule has 1 fully saturated rings. The van der Waals surface area contributed by atoms with Crippen LogP contribution in [0.4, 0.5) is 0 Å². The van der Waals surface area contributed by atoms with E-state index in [9.17, 15) is 25.2 Å². The Balaban J connectivity index is 2.41. The molecule has 4 N–H and O–H groups in total. The third-order valence-corrected chi connectivity index (χ3v) is 9.86. The second kappa shape index (κ2) is 29.4. The normalized spacial score (nSPS) is 22.0. The van der Waals surface area contributed by atoms with Crippen LogP contribution in [0.25, 0.3) is 0 Å². The molecular formula is C38H74O7. The standard InChI is InChI=1S/C38H74O7/c1-3-5-7-9-11-13-15-17-19-21-23-25-27-32(28-26-24-22-20-18-16-14-12-10-8-6-4-2)31-44-38-37(43)33(29-35(40)41)36(42)34(30-39)45-38/h32-34,36-39,42-43H,3-31H2,1-2H3,(H,40,41)/t33?,34?,36-,37?,38-/m1/s1. The summed E-state index contributed by atoms with van der Waals surface area (Å²) < 4.78 is 11.8. The number of aliphatic hydroxyl groups is 3. The summed E-state index contributed by atoms with van der Waals surface area (Å²) in [7, 11) is 0. The van der Waals surface area contributed by atoms with E-state index in [1.54, 1.807) is 0 Å². The van der Waals surface area contributed by atoms with E-state index in [-0.39, 0.29) is 0 Å². The van der Waals surface area contributed by atoms with Gasteiger partial charge in [-0.3, -0.25) is 4.79 Å². The first kappa shape index (κ1) is 42.3. The van der Waals surface area contributed by atoms with Crippen LogP contribution in [-0.2, 0) is 14.3 Å². The molecule has 1 saturated heterocycles. The minimum Gasteiger partial charge on any atom is -0.481 e. The molecule has 1 heterocycles. The van der Waals surface area contributed by atoms with Crippen molar-refractivity contribution in [3.8, 4) is 0 Å². The first-order valence-corrected chi connectivity index (χ1v) is 19.4. The molecule has 0 aromatic heterocycles. The van der Waals surface area contributed by atoms with E-state index in [2.05, 4.69) is 13.8 Å². The highest BCUT2D eigenvalue weighted by Gasteiger charge is 2.45. The third-order valence-electron chi connectivity index (χ3n) is 9.86. The van der Waals surface area contributed by atoms with Gasteiger partial charge in [0.25, 0.3) is 0 Å². The summed E-state index contributed by atoms with van der Waals surface area (Å²) in [5.74, 6) is -1.69. The molecule has 5 atom stereocenters. The molecule has 7 heteroatoms. The smallest absolute Gasteiger partial charge is 0.303 e. The number of carbonyl (C=O) groups is 1. The highest BCUT2D eigenvalue weighted by atomic mass is 16.7. The van der Waals surface area contributed by atoms with Gasteiger partial charge in [0.2, 0.25) is 0 Å². The number of hydrogen-bond acceptors (Lipinski definition) is 6. The van der Waals surface area contributed by atoms with Gasteiger partial charge in [0.15, 0.2) is 6.29 Å². The fraction of sp³-hybridized carbons (Fsp3) is 0.974. The summed E-state index contributed by atoms with van der Waals surface area (Å²) >= 11 is 0. The van der Waals surface area contributed by atoms with Gasteiger partial charge in [-0.1, -0.05) is 168 Å². The molecule has 0 aromatic rings. The Hall–Kier alpha value is -0.730. The average Bonchev–Trinajstić information content (AvgIpc) is 3.03. The van der Waals surface area contributed by atoms with Crippen LogP contribution < -0.4 is 0 Å². The van der Waals surface area contributed by atoms with Crippen molar-refractivity contribution in [1.82, 2.24) is 0 Å². The second-order valence-corrected chi connectivity index (χ2v) is 14.0. The quantitative estimate of drug-likeness (QED) is 0.0540. The van der Waals surface area contributed by atoms with E-state index >= 15 is 0 Å². The number of aliphatic hydroxyl groups excluding tert-OH is 3. The number of aliphatic carboxylic acids is 1. The Morgan fingerprint density at radius 2 is 1.00 bits per heavy atom. The maximum absolute atomic E-state index is 11.3. The summed E-state index contributed by atoms with van der Waals surface area (Å²) in [6, 6.07) is 0. The molecule has 0 amide bonds. The predicted octanol–water partition coefficient (Wildman–Crippen LogP) is 9.33. The lowest BCUT2D eigenvalue weighted by Gasteiger charge is -2.42. The van der Waals surface area contributed by atoms with Crippen molar-refractivity contribution < 1.29 is 34.7 Å². The van der Waals surface area contributed by atoms with E-state index in [1.165, 1.54) is 141 Å². The molecule has 0 bridgehead atoms. The molecule has 45 heavy (non-hydrogen) atoms. The molecule has 1 aliphatic rings. The summed E-state index contributed by atoms with van der Waals surface area (Å²) in [5.41, 5.74) is 0. The summed E-state index contributed by atoms with van der Waals surface area (Å²) in [5, 5.41) is 40.2. The predicted molar refractivity (Wildman–Crippen MR) is 184 cm³/mol. The van der Waals surface area contributed by atoms with Crippen molar-refractivity contribution in [2.24, 2.45) is 11.8 Å². The van der Waals surface area contributed by atoms with Crippen molar-refractivity contribution in [2.45, 2.75) is 212 Å². The number of unbranched alkanes of at least 4 members (excludes halogenated alkanes) is 22. The number of hydrogen-bond donors (Lipinski definition) is 4. The highest BCUT2D eigenvalue weighted by molar-refractivity contribution is 5.67. The van der Waals surface area contributed by atoms with Crippen LogP contribution in [0.1, 0.15) is 187 Å². The Morgan fingerprint density at radius 1 is 0.622 bits per heavy atom. The molecule has 268 valence electrons. The van der Waals surface area contributed by atoms with Crippen molar-refractivity contribution >= 4 is 5.97 Å². The van der Waals surface area contributed by atoms with E-state index in [4.69, 9.17) is 9.47 Å². The average molecular weight is 643 g/mol. The number of carboxylic acid groups (broad SMARTS) is 1. The van der Waals surface area contributed by atoms with Gasteiger partial charge >= 0.3 is 5.97 Å². The van der Waals surface area contributed by atoms with Gasteiger partial charge in [0, 0.05) is 5.92 Å². The molecule has 0 radical (unpaired) electrons. The van der Waals surface area contributed by atoms with Gasteiger partial charge in [-0.15, -0.1) is 0 Å². The summed E-state index contributed by atoms with van der Waals surface area (Å²) in [6.07, 6.45) is 29.0. The number of ether oxygens (including phenoxy) is 2. The summed E-state index contributed by atoms with van der Waals surface area (Å²) in [6.45, 7) is 4.52. The van der Waals surface area contributed by atoms with Crippen molar-refractivity contribution in [1.29, 1.82) is 0 Å². The van der Waals surface area contributed by atoms with Gasteiger partial charge in [-0.2, -0.15) is 0 Å². The highest BCUT2D eigenvalue weighted by Crippen LogP contribution is 2.30. The minimum atomic E-state index is -1.25. The van der Waals surface area contributed by atoms with Crippen molar-refractivity contribution in [2.75, 3.05) is 13.2 Å². The maximum atomic E-state index is 11.3. The SMILES string of the molecule is CCCCCCCCCCCCCCC(CCCCCCCCCCCCCC)CO[C@@H]1OC(CO)[C@H](O)C(CC(=O)O)C1O. The molecule has 1 rings (SSSR count). The number of rotatable bonds is 32. The lowest BCUT2D eigenvalue weighted by Crippen LogP contribution is -2.56. The van der Waals surface area contributed by atoms with Crippen LogP contribution in [0.2, 0.25) is 0 Å². The fourth-order valence-electron chi connectivity index (χ4n) is 6.83. The Labute approximate surface area is 277 Å². The van der Waals surface area contributed by atoms with Gasteiger partial charge in [-0.05, 0) is 18.8 Å². The summed E-state index contributed by atoms with van der Waals surface area (Å²) in [4.78, 5) is 11.3. The first-order chi connectivity index (χ1) is 21.9. The zero-order chi connectivity index (χ0) is 33.0. The Morgan fingerprint density at radius 3 is 1.36 bits per heavy atom. The maximum Gasteiger partial charge on any atom is 0.303 e. The number of carboxylic acids is 1. The van der Waals surface area contributed by atoms with Crippen LogP contribution in [0, 0.1) is 11.8 Å². The topological polar surface area (TPSA) is 116 Å². The lowest BCUT2D eigenvalue weighted by atomic mass is 9.86. The molecule has 1 aliphatic heterocycles. The fourth-order valence-corrected chi connectivity index (χ4v) is 6.83. The van der Waals surface area contributed by atoms with E-state index in [0.717, 1.165) is 25.7 Å². The largest absolute Gasteiger partial charge is 0.481 e. The minimum absolute atomic E-state index is 0.351. The molecule has 0 aromatic carbocycles. The van der Waals surface area contributed by atoms with Gasteiger partial charge < -0.3 is 29.9 Å². The van der Waals surface area contributed by atoms with Gasteiger partial charge in [0.1, 0.15) is 12.2 Å². The Bertz CT molecular complexity index is 632. The monoisotopic (exact) mass is 643 g/mol.